The van der Waals surface area contributed by atoms with Gasteiger partial charge in [0, 0.05) is 4.47 Å². The van der Waals surface area contributed by atoms with E-state index in [0.717, 1.165) is 35.7 Å². The van der Waals surface area contributed by atoms with E-state index in [4.69, 9.17) is 9.47 Å². The van der Waals surface area contributed by atoms with E-state index in [9.17, 15) is 9.90 Å². The van der Waals surface area contributed by atoms with Crippen molar-refractivity contribution in [3.63, 3.8) is 0 Å². The van der Waals surface area contributed by atoms with Crippen LogP contribution >= 0.6 is 15.9 Å². The van der Waals surface area contributed by atoms with E-state index in [1.807, 2.05) is 12.1 Å². The number of methoxy groups -OCH3 is 1. The molecule has 1 N–H and O–H groups in total. The zero-order valence-corrected chi connectivity index (χ0v) is 14.3. The first-order valence-corrected chi connectivity index (χ1v) is 8.64. The molecule has 0 unspecified atom stereocenters. The molecule has 2 aliphatic carbocycles. The molecule has 0 bridgehead atoms. The van der Waals surface area contributed by atoms with Crippen molar-refractivity contribution >= 4 is 21.9 Å². The van der Waals surface area contributed by atoms with E-state index < -0.39 is 11.4 Å². The molecule has 1 aromatic rings. The lowest BCUT2D eigenvalue weighted by atomic mass is 9.79. The maximum Gasteiger partial charge on any atom is 0.314 e. The van der Waals surface area contributed by atoms with E-state index in [-0.39, 0.29) is 6.10 Å². The average molecular weight is 369 g/mol. The summed E-state index contributed by atoms with van der Waals surface area (Å²) in [6.07, 6.45) is 6.78. The van der Waals surface area contributed by atoms with Crippen molar-refractivity contribution in [2.75, 3.05) is 7.11 Å². The Labute approximate surface area is 138 Å². The van der Waals surface area contributed by atoms with Crippen LogP contribution in [0, 0.1) is 0 Å². The maximum absolute atomic E-state index is 11.9. The van der Waals surface area contributed by atoms with Gasteiger partial charge in [-0.2, -0.15) is 0 Å². The Morgan fingerprint density at radius 2 is 1.91 bits per heavy atom. The lowest BCUT2D eigenvalue weighted by Gasteiger charge is -2.30. The summed E-state index contributed by atoms with van der Waals surface area (Å²) in [5.41, 5.74) is 0.00986. The second kappa shape index (κ2) is 6.11. The zero-order valence-electron chi connectivity index (χ0n) is 12.7. The van der Waals surface area contributed by atoms with Crippen molar-refractivity contribution in [3.8, 4) is 11.5 Å². The third-order valence-corrected chi connectivity index (χ3v) is 5.64. The van der Waals surface area contributed by atoms with Crippen LogP contribution in [-0.2, 0) is 10.2 Å². The van der Waals surface area contributed by atoms with E-state index in [1.54, 1.807) is 7.11 Å². The van der Waals surface area contributed by atoms with Gasteiger partial charge in [-0.25, -0.2) is 0 Å². The van der Waals surface area contributed by atoms with Crippen LogP contribution in [0.1, 0.15) is 50.5 Å². The number of carboxylic acids is 1. The number of carboxylic acid groups (broad SMARTS) is 1. The fourth-order valence-electron chi connectivity index (χ4n) is 3.40. The second-order valence-electron chi connectivity index (χ2n) is 6.25. The molecule has 2 aliphatic rings. The Hall–Kier alpha value is -1.23. The lowest BCUT2D eigenvalue weighted by molar-refractivity contribution is -0.143. The molecule has 2 fully saturated rings. The molecule has 0 atom stereocenters. The highest BCUT2D eigenvalue weighted by atomic mass is 79.9. The summed E-state index contributed by atoms with van der Waals surface area (Å²) in [6, 6.07) is 3.72. The van der Waals surface area contributed by atoms with Gasteiger partial charge in [-0.15, -0.1) is 0 Å². The molecule has 2 saturated carbocycles. The topological polar surface area (TPSA) is 55.8 Å². The molecule has 120 valence electrons. The summed E-state index contributed by atoms with van der Waals surface area (Å²) in [4.78, 5) is 11.9. The van der Waals surface area contributed by atoms with Gasteiger partial charge in [-0.05, 0) is 49.8 Å². The zero-order chi connectivity index (χ0) is 15.7. The highest BCUT2D eigenvalue weighted by molar-refractivity contribution is 9.10. The van der Waals surface area contributed by atoms with Gasteiger partial charge >= 0.3 is 5.97 Å². The standard InChI is InChI=1S/C17H21BrO4/c1-21-14-10-13(18)12(9-15(14)22-11-5-4-6-11)17(16(19)20)7-2-3-8-17/h9-11H,2-8H2,1H3,(H,19,20). The number of carbonyl (C=O) groups is 1. The molecule has 3 rings (SSSR count). The summed E-state index contributed by atoms with van der Waals surface area (Å²) in [7, 11) is 1.61. The van der Waals surface area contributed by atoms with Crippen LogP contribution in [0.3, 0.4) is 0 Å². The lowest BCUT2D eigenvalue weighted by Crippen LogP contribution is -2.33. The smallest absolute Gasteiger partial charge is 0.314 e. The van der Waals surface area contributed by atoms with Crippen molar-refractivity contribution in [3.05, 3.63) is 22.2 Å². The van der Waals surface area contributed by atoms with Crippen molar-refractivity contribution in [1.29, 1.82) is 0 Å². The summed E-state index contributed by atoms with van der Waals surface area (Å²) in [5.74, 6) is 0.574. The van der Waals surface area contributed by atoms with Gasteiger partial charge in [0.05, 0.1) is 18.6 Å². The molecule has 22 heavy (non-hydrogen) atoms. The molecule has 0 spiro atoms. The minimum atomic E-state index is -0.803. The Morgan fingerprint density at radius 3 is 2.41 bits per heavy atom. The number of ether oxygens (including phenoxy) is 2. The highest BCUT2D eigenvalue weighted by Crippen LogP contribution is 2.47. The van der Waals surface area contributed by atoms with Crippen LogP contribution < -0.4 is 9.47 Å². The Balaban J connectivity index is 2.02. The predicted molar refractivity (Wildman–Crippen MR) is 86.7 cm³/mol. The van der Waals surface area contributed by atoms with Gasteiger partial charge in [0.15, 0.2) is 11.5 Å². The number of hydrogen-bond acceptors (Lipinski definition) is 3. The van der Waals surface area contributed by atoms with Crippen LogP contribution in [0.4, 0.5) is 0 Å². The van der Waals surface area contributed by atoms with E-state index in [0.29, 0.717) is 24.3 Å². The normalized spacial score (nSPS) is 20.5. The van der Waals surface area contributed by atoms with Gasteiger partial charge in [0.25, 0.3) is 0 Å². The summed E-state index contributed by atoms with van der Waals surface area (Å²) in [6.45, 7) is 0. The molecule has 0 aromatic heterocycles. The Kier molecular flexibility index (Phi) is 4.35. The fourth-order valence-corrected chi connectivity index (χ4v) is 4.10. The van der Waals surface area contributed by atoms with Crippen molar-refractivity contribution in [1.82, 2.24) is 0 Å². The monoisotopic (exact) mass is 368 g/mol. The third kappa shape index (κ3) is 2.60. The molecular weight excluding hydrogens is 348 g/mol. The highest BCUT2D eigenvalue weighted by Gasteiger charge is 2.44. The molecular formula is C17H21BrO4. The van der Waals surface area contributed by atoms with Gasteiger partial charge in [-0.1, -0.05) is 28.8 Å². The second-order valence-corrected chi connectivity index (χ2v) is 7.10. The van der Waals surface area contributed by atoms with Crippen molar-refractivity contribution in [2.24, 2.45) is 0 Å². The summed E-state index contributed by atoms with van der Waals surface area (Å²) >= 11 is 3.53. The van der Waals surface area contributed by atoms with Crippen molar-refractivity contribution in [2.45, 2.75) is 56.5 Å². The van der Waals surface area contributed by atoms with E-state index >= 15 is 0 Å². The first-order chi connectivity index (χ1) is 10.6. The van der Waals surface area contributed by atoms with Crippen LogP contribution in [0.5, 0.6) is 11.5 Å². The molecule has 4 nitrogen and oxygen atoms in total. The average Bonchev–Trinajstić information content (AvgIpc) is 2.94. The van der Waals surface area contributed by atoms with Gasteiger partial charge in [-0.3, -0.25) is 4.79 Å². The minimum absolute atomic E-state index is 0.229. The van der Waals surface area contributed by atoms with Crippen molar-refractivity contribution < 1.29 is 19.4 Å². The summed E-state index contributed by atoms with van der Waals surface area (Å²) in [5, 5.41) is 9.81. The molecule has 0 aliphatic heterocycles. The Bertz CT molecular complexity index is 574. The van der Waals surface area contributed by atoms with E-state index in [1.165, 1.54) is 6.42 Å². The van der Waals surface area contributed by atoms with Crippen LogP contribution in [-0.4, -0.2) is 24.3 Å². The van der Waals surface area contributed by atoms with Crippen LogP contribution in [0.2, 0.25) is 0 Å². The maximum atomic E-state index is 11.9. The van der Waals surface area contributed by atoms with E-state index in [2.05, 4.69) is 15.9 Å². The first-order valence-electron chi connectivity index (χ1n) is 7.85. The number of aliphatic carboxylic acids is 1. The minimum Gasteiger partial charge on any atom is -0.493 e. The molecule has 5 heteroatoms. The SMILES string of the molecule is COc1cc(Br)c(C2(C(=O)O)CCCC2)cc1OC1CCC1. The number of hydrogen-bond donors (Lipinski definition) is 1. The molecule has 0 amide bonds. The number of rotatable bonds is 5. The van der Waals surface area contributed by atoms with Gasteiger partial charge in [0.2, 0.25) is 0 Å². The Morgan fingerprint density at radius 1 is 1.23 bits per heavy atom. The third-order valence-electron chi connectivity index (χ3n) is 4.98. The fraction of sp³-hybridized carbons (Fsp3) is 0.588. The van der Waals surface area contributed by atoms with Gasteiger partial charge in [0.1, 0.15) is 0 Å². The predicted octanol–water partition coefficient (Wildman–Crippen LogP) is 4.29. The van der Waals surface area contributed by atoms with Crippen LogP contribution in [0.15, 0.2) is 16.6 Å². The molecule has 0 radical (unpaired) electrons. The first kappa shape index (κ1) is 15.7. The molecule has 0 saturated heterocycles. The van der Waals surface area contributed by atoms with Gasteiger partial charge < -0.3 is 14.6 Å². The molecule has 0 heterocycles. The number of halogens is 1. The van der Waals surface area contributed by atoms with Crippen LogP contribution in [0.25, 0.3) is 0 Å². The molecule has 1 aromatic carbocycles. The summed E-state index contributed by atoms with van der Waals surface area (Å²) < 4.78 is 12.2. The largest absolute Gasteiger partial charge is 0.493 e. The number of benzene rings is 1. The quantitative estimate of drug-likeness (QED) is 0.842.